The van der Waals surface area contributed by atoms with E-state index in [0.717, 1.165) is 105 Å². The van der Waals surface area contributed by atoms with Crippen molar-refractivity contribution in [3.8, 4) is 67.4 Å². The molecule has 8 aromatic carbocycles. The number of para-hydroxylation sites is 3. The van der Waals surface area contributed by atoms with Gasteiger partial charge in [-0.15, -0.1) is 34.8 Å². The molecule has 0 fully saturated rings. The standard InChI is InChI=1S/C68H54N6.Pt/c1-40(2)51-16-12-17-52(41(3)4)65(51)46-22-25-50(26-23-46)73-62-38-49(64-43(6)34-42(5)35-44(64)7)36-58(67(62)72-68(73)57-19-13-18-56-53-14-8-10-20-59(53)71-66(56)57)48-24-27-55-54-15-9-11-21-60(54)74(61(55)37-48)63-39-47(30-33-70-63)45-28-31-69-32-29-45;/h8-36,38-41H,1-7H3;/q-2;+2. The monoisotopic (exact) mass is 1150 g/mol. The number of imidazole rings is 1. The summed E-state index contributed by atoms with van der Waals surface area (Å²) in [4.78, 5) is 20.5. The van der Waals surface area contributed by atoms with Crippen molar-refractivity contribution in [3.05, 3.63) is 222 Å². The van der Waals surface area contributed by atoms with Crippen LogP contribution >= 0.6 is 0 Å². The number of nitrogens with zero attached hydrogens (tertiary/aromatic N) is 6. The largest absolute Gasteiger partial charge is 2.00 e. The molecule has 5 heterocycles. The summed E-state index contributed by atoms with van der Waals surface area (Å²) in [6.45, 7) is 15.8. The molecular formula is C68H54N6Pt. The summed E-state index contributed by atoms with van der Waals surface area (Å²) in [5.41, 5.74) is 23.2. The minimum atomic E-state index is 0. The number of hydrogen-bond donors (Lipinski definition) is 0. The molecule has 0 bridgehead atoms. The third kappa shape index (κ3) is 8.02. The van der Waals surface area contributed by atoms with Crippen LogP contribution in [-0.2, 0) is 21.1 Å². The van der Waals surface area contributed by atoms with Gasteiger partial charge in [0.25, 0.3) is 0 Å². The van der Waals surface area contributed by atoms with E-state index in [4.69, 9.17) is 15.0 Å². The van der Waals surface area contributed by atoms with Crippen molar-refractivity contribution < 1.29 is 21.1 Å². The first-order chi connectivity index (χ1) is 36.1. The van der Waals surface area contributed by atoms with Crippen LogP contribution in [0.4, 0.5) is 0 Å². The van der Waals surface area contributed by atoms with Gasteiger partial charge in [0.2, 0.25) is 0 Å². The molecule has 7 heteroatoms. The summed E-state index contributed by atoms with van der Waals surface area (Å²) in [6.07, 6.45) is 5.56. The summed E-state index contributed by atoms with van der Waals surface area (Å²) in [6, 6.07) is 65.6. The van der Waals surface area contributed by atoms with Crippen molar-refractivity contribution in [1.29, 1.82) is 0 Å². The Morgan fingerprint density at radius 3 is 1.93 bits per heavy atom. The molecule has 0 amide bonds. The molecule has 0 saturated heterocycles. The molecule has 0 atom stereocenters. The van der Waals surface area contributed by atoms with E-state index < -0.39 is 0 Å². The first-order valence-electron chi connectivity index (χ1n) is 25.7. The zero-order chi connectivity index (χ0) is 50.4. The molecule has 0 N–H and O–H groups in total. The number of rotatable bonds is 9. The van der Waals surface area contributed by atoms with Crippen molar-refractivity contribution in [1.82, 2.24) is 29.1 Å². The maximum Gasteiger partial charge on any atom is 2.00 e. The van der Waals surface area contributed by atoms with E-state index in [1.807, 2.05) is 30.7 Å². The average Bonchev–Trinajstić information content (AvgIpc) is 4.12. The third-order valence-corrected chi connectivity index (χ3v) is 15.1. The molecule has 0 spiro atoms. The van der Waals surface area contributed by atoms with Crippen LogP contribution in [-0.4, -0.2) is 24.1 Å². The van der Waals surface area contributed by atoms with Crippen LogP contribution in [0.5, 0.6) is 0 Å². The minimum absolute atomic E-state index is 0. The molecule has 5 aromatic heterocycles. The molecule has 0 unspecified atom stereocenters. The predicted octanol–water partition coefficient (Wildman–Crippen LogP) is 17.5. The Labute approximate surface area is 452 Å². The van der Waals surface area contributed by atoms with E-state index in [-0.39, 0.29) is 21.1 Å². The quantitative estimate of drug-likeness (QED) is 0.135. The molecule has 13 rings (SSSR count). The Kier molecular flexibility index (Phi) is 12.1. The second-order valence-electron chi connectivity index (χ2n) is 20.6. The summed E-state index contributed by atoms with van der Waals surface area (Å²) in [5.74, 6) is 2.39. The van der Waals surface area contributed by atoms with Crippen LogP contribution in [0, 0.1) is 26.8 Å². The number of fused-ring (bicyclic) bond motifs is 7. The Hall–Kier alpha value is -8.18. The maximum atomic E-state index is 5.83. The molecule has 6 nitrogen and oxygen atoms in total. The number of aromatic nitrogens is 6. The van der Waals surface area contributed by atoms with Crippen molar-refractivity contribution in [2.75, 3.05) is 0 Å². The zero-order valence-corrected chi connectivity index (χ0v) is 45.3. The molecule has 13 aromatic rings. The molecule has 0 saturated carbocycles. The maximum absolute atomic E-state index is 5.83. The van der Waals surface area contributed by atoms with Crippen LogP contribution < -0.4 is 4.98 Å². The number of aryl methyl sites for hydroxylation is 3. The average molecular weight is 1150 g/mol. The smallest absolute Gasteiger partial charge is 0.656 e. The summed E-state index contributed by atoms with van der Waals surface area (Å²) < 4.78 is 4.63. The van der Waals surface area contributed by atoms with E-state index in [1.165, 1.54) is 44.5 Å². The van der Waals surface area contributed by atoms with Gasteiger partial charge in [0, 0.05) is 35.4 Å². The summed E-state index contributed by atoms with van der Waals surface area (Å²) >= 11 is 0. The van der Waals surface area contributed by atoms with Crippen LogP contribution in [0.2, 0.25) is 0 Å². The molecular weight excluding hydrogens is 1100 g/mol. The van der Waals surface area contributed by atoms with Crippen molar-refractivity contribution in [2.24, 2.45) is 0 Å². The molecule has 0 aliphatic rings. The van der Waals surface area contributed by atoms with Gasteiger partial charge in [0.1, 0.15) is 11.6 Å². The van der Waals surface area contributed by atoms with E-state index in [2.05, 4.69) is 226 Å². The number of hydrogen-bond acceptors (Lipinski definition) is 3. The van der Waals surface area contributed by atoms with Gasteiger partial charge in [-0.3, -0.25) is 9.55 Å². The molecule has 0 aliphatic heterocycles. The van der Waals surface area contributed by atoms with Crippen LogP contribution in [0.25, 0.3) is 122 Å². The van der Waals surface area contributed by atoms with E-state index in [0.29, 0.717) is 11.8 Å². The number of pyridine rings is 2. The Morgan fingerprint density at radius 1 is 0.507 bits per heavy atom. The molecule has 0 aliphatic carbocycles. The molecule has 366 valence electrons. The number of benzene rings is 8. The van der Waals surface area contributed by atoms with E-state index in [9.17, 15) is 0 Å². The fourth-order valence-electron chi connectivity index (χ4n) is 11.8. The first kappa shape index (κ1) is 47.8. The third-order valence-electron chi connectivity index (χ3n) is 15.1. The minimum Gasteiger partial charge on any atom is -0.656 e. The van der Waals surface area contributed by atoms with Gasteiger partial charge in [-0.25, -0.2) is 9.97 Å². The van der Waals surface area contributed by atoms with Gasteiger partial charge in [-0.05, 0) is 158 Å². The van der Waals surface area contributed by atoms with Crippen molar-refractivity contribution >= 4 is 54.6 Å². The van der Waals surface area contributed by atoms with Crippen molar-refractivity contribution in [2.45, 2.75) is 60.3 Å². The Morgan fingerprint density at radius 2 is 1.19 bits per heavy atom. The second kappa shape index (κ2) is 18.9. The predicted molar refractivity (Wildman–Crippen MR) is 308 cm³/mol. The Balaban J connectivity index is 0.00000569. The van der Waals surface area contributed by atoms with Crippen LogP contribution in [0.1, 0.15) is 67.3 Å². The van der Waals surface area contributed by atoms with Crippen LogP contribution in [0.3, 0.4) is 0 Å². The first-order valence-corrected chi connectivity index (χ1v) is 25.7. The fourth-order valence-corrected chi connectivity index (χ4v) is 11.8. The Bertz CT molecular complexity index is 4290. The van der Waals surface area contributed by atoms with E-state index in [1.54, 1.807) is 0 Å². The summed E-state index contributed by atoms with van der Waals surface area (Å²) in [5, 5.41) is 4.48. The molecule has 0 radical (unpaired) electrons. The van der Waals surface area contributed by atoms with E-state index >= 15 is 0 Å². The van der Waals surface area contributed by atoms with Gasteiger partial charge in [-0.1, -0.05) is 153 Å². The normalized spacial score (nSPS) is 11.8. The topological polar surface area (TPSA) is 62.6 Å². The summed E-state index contributed by atoms with van der Waals surface area (Å²) in [7, 11) is 0. The van der Waals surface area contributed by atoms with Crippen LogP contribution in [0.15, 0.2) is 188 Å². The zero-order valence-electron chi connectivity index (χ0n) is 43.1. The van der Waals surface area contributed by atoms with Gasteiger partial charge in [-0.2, -0.15) is 0 Å². The van der Waals surface area contributed by atoms with Gasteiger partial charge in [0.05, 0.1) is 11.0 Å². The fraction of sp³-hybridized carbons (Fsp3) is 0.132. The van der Waals surface area contributed by atoms with Gasteiger partial charge in [0.15, 0.2) is 0 Å². The van der Waals surface area contributed by atoms with Gasteiger partial charge < -0.3 is 9.55 Å². The SMILES string of the molecule is Cc1cc(C)c(-c2cc(-c3[c-]c4c(cc3)c3ccccc3n4-c3cc(-c4ccncc4)ccn3)c3nc(-c4cccc5c4[n-]c4ccccc45)n(-c4ccc(-c5c(C(C)C)cccc5C(C)C)cc4)c3c2)c(C)c1.[Pt+2]. The molecule has 75 heavy (non-hydrogen) atoms. The van der Waals surface area contributed by atoms with Gasteiger partial charge >= 0.3 is 21.1 Å². The van der Waals surface area contributed by atoms with Crippen molar-refractivity contribution in [3.63, 3.8) is 0 Å². The second-order valence-corrected chi connectivity index (χ2v) is 20.6.